The lowest BCUT2D eigenvalue weighted by Gasteiger charge is -2.44. The molecule has 1 fully saturated rings. The third-order valence-electron chi connectivity index (χ3n) is 2.75. The van der Waals surface area contributed by atoms with E-state index >= 15 is 0 Å². The Kier molecular flexibility index (Phi) is 12.4. The van der Waals surface area contributed by atoms with E-state index in [-0.39, 0.29) is 5.54 Å². The Bertz CT molecular complexity index is 337. The molecule has 0 saturated carbocycles. The molecule has 0 aliphatic carbocycles. The van der Waals surface area contributed by atoms with Gasteiger partial charge in [-0.3, -0.25) is 4.99 Å². The average Bonchev–Trinajstić information content (AvgIpc) is 2.50. The third-order valence-corrected chi connectivity index (χ3v) is 2.75. The third kappa shape index (κ3) is 4.78. The minimum Gasteiger partial charge on any atom is -0.375 e. The zero-order valence-corrected chi connectivity index (χ0v) is 14.9. The maximum atomic E-state index is 5.29. The van der Waals surface area contributed by atoms with Gasteiger partial charge in [0.1, 0.15) is 5.54 Å². The summed E-state index contributed by atoms with van der Waals surface area (Å²) in [6.07, 6.45) is 4.22. The van der Waals surface area contributed by atoms with E-state index in [1.165, 1.54) is 11.3 Å². The van der Waals surface area contributed by atoms with Crippen molar-refractivity contribution in [3.8, 4) is 0 Å². The predicted molar refractivity (Wildman–Crippen MR) is 91.4 cm³/mol. The zero-order valence-electron chi connectivity index (χ0n) is 14.9. The van der Waals surface area contributed by atoms with Crippen LogP contribution in [-0.4, -0.2) is 24.6 Å². The Morgan fingerprint density at radius 3 is 1.80 bits per heavy atom. The maximum absolute atomic E-state index is 5.29. The number of rotatable bonds is 0. The molecule has 2 aliphatic heterocycles. The van der Waals surface area contributed by atoms with Gasteiger partial charge in [0.15, 0.2) is 0 Å². The van der Waals surface area contributed by atoms with Crippen molar-refractivity contribution in [2.24, 2.45) is 4.99 Å². The minimum atomic E-state index is -0.0913. The molecule has 3 heteroatoms. The van der Waals surface area contributed by atoms with E-state index in [1.54, 1.807) is 0 Å². The predicted octanol–water partition coefficient (Wildman–Crippen LogP) is 4.71. The summed E-state index contributed by atoms with van der Waals surface area (Å²) < 4.78 is 5.29. The monoisotopic (exact) mass is 282 g/mol. The summed E-state index contributed by atoms with van der Waals surface area (Å²) >= 11 is 0. The summed E-state index contributed by atoms with van der Waals surface area (Å²) in [4.78, 5) is 4.64. The first kappa shape index (κ1) is 21.2. The zero-order chi connectivity index (χ0) is 16.2. The molecule has 3 nitrogen and oxygen atoms in total. The number of aliphatic imine (C=N–C) groups is 1. The summed E-state index contributed by atoms with van der Waals surface area (Å²) in [6.45, 7) is 19.5. The molecule has 1 spiro atoms. The molecule has 1 saturated heterocycles. The van der Waals surface area contributed by atoms with Crippen LogP contribution in [0.25, 0.3) is 0 Å². The van der Waals surface area contributed by atoms with Crippen molar-refractivity contribution in [3.05, 3.63) is 23.4 Å². The summed E-state index contributed by atoms with van der Waals surface area (Å²) in [5.74, 6) is 0.979. The summed E-state index contributed by atoms with van der Waals surface area (Å²) in [6, 6.07) is 0. The quantitative estimate of drug-likeness (QED) is 0.698. The number of nitrogens with one attached hydrogen (secondary N) is 1. The number of hydrogen-bond donors (Lipinski definition) is 1. The fraction of sp³-hybridized carbons (Fsp3) is 0.706. The van der Waals surface area contributed by atoms with Gasteiger partial charge in [-0.05, 0) is 20.8 Å². The Hall–Kier alpha value is -1.09. The first-order chi connectivity index (χ1) is 9.72. The first-order valence-electron chi connectivity index (χ1n) is 7.96. The maximum Gasteiger partial charge on any atom is 0.136 e. The Balaban J connectivity index is 0. The molecule has 0 aromatic carbocycles. The molecule has 1 N–H and O–H groups in total. The molecular formula is C17H34N2O. The molecule has 0 bridgehead atoms. The summed E-state index contributed by atoms with van der Waals surface area (Å²) in [7, 11) is 0. The molecule has 2 rings (SSSR count). The highest BCUT2D eigenvalue weighted by Gasteiger charge is 2.45. The molecule has 0 aromatic rings. The first-order valence-corrected chi connectivity index (χ1v) is 7.96. The number of amidine groups is 1. The molecular weight excluding hydrogens is 248 g/mol. The van der Waals surface area contributed by atoms with Gasteiger partial charge < -0.3 is 10.1 Å². The second-order valence-corrected chi connectivity index (χ2v) is 3.75. The van der Waals surface area contributed by atoms with E-state index in [4.69, 9.17) is 4.74 Å². The topological polar surface area (TPSA) is 33.6 Å². The fourth-order valence-corrected chi connectivity index (χ4v) is 2.09. The largest absolute Gasteiger partial charge is 0.375 e. The fourth-order valence-electron chi connectivity index (χ4n) is 2.09. The number of allylic oxidation sites excluding steroid dienone is 2. The van der Waals surface area contributed by atoms with Crippen LogP contribution in [0, 0.1) is 0 Å². The van der Waals surface area contributed by atoms with Gasteiger partial charge >= 0.3 is 0 Å². The molecule has 2 aliphatic rings. The van der Waals surface area contributed by atoms with E-state index in [0.29, 0.717) is 13.2 Å². The molecule has 0 radical (unpaired) electrons. The Labute approximate surface area is 126 Å². The normalized spacial score (nSPS) is 21.9. The summed E-state index contributed by atoms with van der Waals surface area (Å²) in [5.41, 5.74) is 2.34. The molecule has 0 unspecified atom stereocenters. The van der Waals surface area contributed by atoms with Gasteiger partial charge in [-0.25, -0.2) is 0 Å². The van der Waals surface area contributed by atoms with Crippen molar-refractivity contribution >= 4 is 5.84 Å². The van der Waals surface area contributed by atoms with Crippen molar-refractivity contribution in [3.63, 3.8) is 0 Å². The highest BCUT2D eigenvalue weighted by Crippen LogP contribution is 2.36. The van der Waals surface area contributed by atoms with Crippen LogP contribution >= 0.6 is 0 Å². The molecule has 0 aromatic heterocycles. The van der Waals surface area contributed by atoms with Crippen molar-refractivity contribution in [1.82, 2.24) is 5.32 Å². The molecule has 0 amide bonds. The van der Waals surface area contributed by atoms with Gasteiger partial charge in [0.2, 0.25) is 0 Å². The lowest BCUT2D eigenvalue weighted by atomic mass is 9.84. The van der Waals surface area contributed by atoms with Gasteiger partial charge in [-0.1, -0.05) is 53.7 Å². The van der Waals surface area contributed by atoms with Gasteiger partial charge in [0.05, 0.1) is 19.0 Å². The van der Waals surface area contributed by atoms with Crippen molar-refractivity contribution < 1.29 is 4.74 Å². The van der Waals surface area contributed by atoms with Crippen LogP contribution in [0.2, 0.25) is 0 Å². The smallest absolute Gasteiger partial charge is 0.136 e. The van der Waals surface area contributed by atoms with Gasteiger partial charge in [-0.15, -0.1) is 0 Å². The van der Waals surface area contributed by atoms with Crippen LogP contribution < -0.4 is 5.32 Å². The second kappa shape index (κ2) is 11.7. The Morgan fingerprint density at radius 2 is 1.50 bits per heavy atom. The highest BCUT2D eigenvalue weighted by atomic mass is 16.5. The number of hydrogen-bond acceptors (Lipinski definition) is 3. The van der Waals surface area contributed by atoms with Crippen LogP contribution in [0.4, 0.5) is 0 Å². The van der Waals surface area contributed by atoms with Gasteiger partial charge in [-0.2, -0.15) is 0 Å². The van der Waals surface area contributed by atoms with Crippen LogP contribution in [0.5, 0.6) is 0 Å². The van der Waals surface area contributed by atoms with Gasteiger partial charge in [0, 0.05) is 11.3 Å². The van der Waals surface area contributed by atoms with Crippen LogP contribution in [0.15, 0.2) is 28.4 Å². The van der Waals surface area contributed by atoms with E-state index in [1.807, 2.05) is 55.4 Å². The summed E-state index contributed by atoms with van der Waals surface area (Å²) in [5, 5.41) is 3.28. The second-order valence-electron chi connectivity index (χ2n) is 3.75. The van der Waals surface area contributed by atoms with Crippen molar-refractivity contribution in [2.75, 3.05) is 13.2 Å². The van der Waals surface area contributed by atoms with E-state index in [9.17, 15) is 0 Å². The Morgan fingerprint density at radius 1 is 1.00 bits per heavy atom. The van der Waals surface area contributed by atoms with E-state index in [0.717, 1.165) is 5.84 Å². The van der Waals surface area contributed by atoms with Crippen molar-refractivity contribution in [2.45, 2.75) is 67.9 Å². The standard InChI is InChI=1S/C11H16N2O.3C2H6/c1-4-9-10(5-2)12-8(3)13-11(9)6-14-7-11;3*1-2/h4-5H,6-7H2,1-3H3,(H,12,13);3*1-2H3/b9-4+,10-5+;;;. The molecule has 0 atom stereocenters. The average molecular weight is 282 g/mol. The minimum absolute atomic E-state index is 0.0913. The van der Waals surface area contributed by atoms with Crippen molar-refractivity contribution in [1.29, 1.82) is 0 Å². The molecule has 20 heavy (non-hydrogen) atoms. The van der Waals surface area contributed by atoms with E-state index in [2.05, 4.69) is 29.4 Å². The highest BCUT2D eigenvalue weighted by molar-refractivity contribution is 5.85. The molecule has 118 valence electrons. The van der Waals surface area contributed by atoms with Crippen LogP contribution in [0.1, 0.15) is 62.3 Å². The van der Waals surface area contributed by atoms with Crippen LogP contribution in [0.3, 0.4) is 0 Å². The lowest BCUT2D eigenvalue weighted by molar-refractivity contribution is -0.0329. The molecule has 2 heterocycles. The lowest BCUT2D eigenvalue weighted by Crippen LogP contribution is -2.54. The van der Waals surface area contributed by atoms with Gasteiger partial charge in [0.25, 0.3) is 0 Å². The number of ether oxygens (including phenoxy) is 1. The van der Waals surface area contributed by atoms with E-state index < -0.39 is 0 Å². The number of nitrogens with zero attached hydrogens (tertiary/aromatic N) is 1. The van der Waals surface area contributed by atoms with Crippen LogP contribution in [-0.2, 0) is 4.74 Å². The SMILES string of the molecule is C/C=C1/NC(C)=NC2(COC2)/C1=C/C.CC.CC.CC.